The zero-order valence-electron chi connectivity index (χ0n) is 11.1. The summed E-state index contributed by atoms with van der Waals surface area (Å²) < 4.78 is 13.3. The van der Waals surface area contributed by atoms with Crippen LogP contribution in [0.1, 0.15) is 27.0 Å². The van der Waals surface area contributed by atoms with E-state index in [-0.39, 0.29) is 11.4 Å². The number of carboxylic acid groups (broad SMARTS) is 1. The lowest BCUT2D eigenvalue weighted by Gasteiger charge is -2.13. The van der Waals surface area contributed by atoms with Crippen LogP contribution in [0, 0.1) is 26.6 Å². The van der Waals surface area contributed by atoms with E-state index in [0.717, 1.165) is 27.8 Å². The van der Waals surface area contributed by atoms with E-state index in [0.29, 0.717) is 0 Å². The number of carbonyl (C=O) groups is 1. The van der Waals surface area contributed by atoms with E-state index in [1.165, 1.54) is 12.1 Å². The van der Waals surface area contributed by atoms with E-state index in [1.54, 1.807) is 18.2 Å². The summed E-state index contributed by atoms with van der Waals surface area (Å²) >= 11 is 0. The second kappa shape index (κ2) is 4.84. The fourth-order valence-electron chi connectivity index (χ4n) is 2.36. The molecule has 19 heavy (non-hydrogen) atoms. The predicted octanol–water partition coefficient (Wildman–Crippen LogP) is 4.12. The van der Waals surface area contributed by atoms with Crippen LogP contribution in [0.2, 0.25) is 0 Å². The summed E-state index contributed by atoms with van der Waals surface area (Å²) in [4.78, 5) is 11.1. The molecule has 0 spiro atoms. The van der Waals surface area contributed by atoms with E-state index >= 15 is 0 Å². The number of benzene rings is 2. The van der Waals surface area contributed by atoms with Crippen LogP contribution in [0.3, 0.4) is 0 Å². The zero-order chi connectivity index (χ0) is 14.2. The van der Waals surface area contributed by atoms with Gasteiger partial charge in [-0.1, -0.05) is 6.07 Å². The average molecular weight is 258 g/mol. The van der Waals surface area contributed by atoms with Crippen molar-refractivity contribution in [3.05, 3.63) is 58.4 Å². The molecule has 2 rings (SSSR count). The Morgan fingerprint density at radius 2 is 1.58 bits per heavy atom. The quantitative estimate of drug-likeness (QED) is 0.879. The first-order chi connectivity index (χ1) is 8.90. The molecule has 3 heteroatoms. The minimum atomic E-state index is -0.960. The molecular formula is C16H15FO2. The van der Waals surface area contributed by atoms with Crippen LogP contribution in [0.25, 0.3) is 11.1 Å². The third-order valence-electron chi connectivity index (χ3n) is 3.25. The number of hydrogen-bond acceptors (Lipinski definition) is 1. The van der Waals surface area contributed by atoms with Crippen LogP contribution in [-0.2, 0) is 0 Å². The summed E-state index contributed by atoms with van der Waals surface area (Å²) in [6.07, 6.45) is 0. The smallest absolute Gasteiger partial charge is 0.335 e. The van der Waals surface area contributed by atoms with Gasteiger partial charge in [-0.05, 0) is 72.9 Å². The first-order valence-corrected chi connectivity index (χ1v) is 6.01. The van der Waals surface area contributed by atoms with Gasteiger partial charge < -0.3 is 5.11 Å². The summed E-state index contributed by atoms with van der Waals surface area (Å²) in [6, 6.07) is 7.94. The van der Waals surface area contributed by atoms with E-state index in [4.69, 9.17) is 5.11 Å². The van der Waals surface area contributed by atoms with Gasteiger partial charge in [-0.2, -0.15) is 0 Å². The van der Waals surface area contributed by atoms with Crippen molar-refractivity contribution in [2.75, 3.05) is 0 Å². The van der Waals surface area contributed by atoms with Crippen molar-refractivity contribution >= 4 is 5.97 Å². The molecule has 0 radical (unpaired) electrons. The third kappa shape index (κ3) is 2.50. The Labute approximate surface area is 111 Å². The summed E-state index contributed by atoms with van der Waals surface area (Å²) in [5.74, 6) is -1.23. The van der Waals surface area contributed by atoms with Crippen molar-refractivity contribution in [1.82, 2.24) is 0 Å². The summed E-state index contributed by atoms with van der Waals surface area (Å²) in [7, 11) is 0. The Kier molecular flexibility index (Phi) is 3.38. The fraction of sp³-hybridized carbons (Fsp3) is 0.188. The summed E-state index contributed by atoms with van der Waals surface area (Å²) in [5, 5.41) is 9.07. The molecular weight excluding hydrogens is 243 g/mol. The van der Waals surface area contributed by atoms with Gasteiger partial charge in [0.05, 0.1) is 5.56 Å². The number of halogens is 1. The molecule has 2 aromatic rings. The molecule has 0 saturated carbocycles. The lowest BCUT2D eigenvalue weighted by atomic mass is 9.91. The normalized spacial score (nSPS) is 10.5. The van der Waals surface area contributed by atoms with Crippen molar-refractivity contribution in [3.63, 3.8) is 0 Å². The number of aryl methyl sites for hydroxylation is 3. The van der Waals surface area contributed by atoms with Crippen LogP contribution in [0.15, 0.2) is 30.3 Å². The first-order valence-electron chi connectivity index (χ1n) is 6.01. The maximum atomic E-state index is 13.3. The van der Waals surface area contributed by atoms with Crippen molar-refractivity contribution in [3.8, 4) is 11.1 Å². The lowest BCUT2D eigenvalue weighted by Crippen LogP contribution is -1.99. The van der Waals surface area contributed by atoms with Gasteiger partial charge in [0, 0.05) is 0 Å². The van der Waals surface area contributed by atoms with Gasteiger partial charge in [-0.25, -0.2) is 9.18 Å². The lowest BCUT2D eigenvalue weighted by molar-refractivity contribution is 0.0697. The van der Waals surface area contributed by atoms with E-state index in [2.05, 4.69) is 0 Å². The average Bonchev–Trinajstić information content (AvgIpc) is 2.29. The largest absolute Gasteiger partial charge is 0.478 e. The Balaban J connectivity index is 2.71. The predicted molar refractivity (Wildman–Crippen MR) is 73.0 cm³/mol. The number of hydrogen-bond donors (Lipinski definition) is 1. The highest BCUT2D eigenvalue weighted by Gasteiger charge is 2.12. The van der Waals surface area contributed by atoms with Crippen molar-refractivity contribution < 1.29 is 14.3 Å². The molecule has 0 bridgehead atoms. The molecule has 0 fully saturated rings. The molecule has 0 aliphatic heterocycles. The number of carboxylic acids is 1. The van der Waals surface area contributed by atoms with E-state index in [9.17, 15) is 9.18 Å². The molecule has 0 aliphatic rings. The van der Waals surface area contributed by atoms with E-state index in [1.807, 2.05) is 20.8 Å². The monoisotopic (exact) mass is 258 g/mol. The molecule has 98 valence electrons. The number of aromatic carboxylic acids is 1. The van der Waals surface area contributed by atoms with E-state index < -0.39 is 5.97 Å². The highest BCUT2D eigenvalue weighted by molar-refractivity contribution is 5.90. The highest BCUT2D eigenvalue weighted by atomic mass is 19.1. The van der Waals surface area contributed by atoms with Gasteiger partial charge in [0.15, 0.2) is 0 Å². The van der Waals surface area contributed by atoms with Gasteiger partial charge in [-0.3, -0.25) is 0 Å². The molecule has 2 nitrogen and oxygen atoms in total. The molecule has 1 N–H and O–H groups in total. The molecule has 2 aromatic carbocycles. The highest BCUT2D eigenvalue weighted by Crippen LogP contribution is 2.31. The second-order valence-electron chi connectivity index (χ2n) is 4.75. The molecule has 0 heterocycles. The molecule has 0 aromatic heterocycles. The Bertz CT molecular complexity index is 637. The molecule has 0 unspecified atom stereocenters. The SMILES string of the molecule is Cc1ccc(C(=O)O)cc1-c1c(C)cc(F)cc1C. The number of rotatable bonds is 2. The van der Waals surface area contributed by atoms with Crippen LogP contribution in [0.5, 0.6) is 0 Å². The van der Waals surface area contributed by atoms with Gasteiger partial charge in [0.1, 0.15) is 5.82 Å². The standard InChI is InChI=1S/C16H15FO2/c1-9-4-5-12(16(18)19)8-14(9)15-10(2)6-13(17)7-11(15)3/h4-8H,1-3H3,(H,18,19). The topological polar surface area (TPSA) is 37.3 Å². The van der Waals surface area contributed by atoms with Gasteiger partial charge in [0.25, 0.3) is 0 Å². The molecule has 0 atom stereocenters. The van der Waals surface area contributed by atoms with Gasteiger partial charge >= 0.3 is 5.97 Å². The maximum absolute atomic E-state index is 13.3. The maximum Gasteiger partial charge on any atom is 0.335 e. The van der Waals surface area contributed by atoms with Crippen LogP contribution >= 0.6 is 0 Å². The van der Waals surface area contributed by atoms with Crippen molar-refractivity contribution in [2.24, 2.45) is 0 Å². The van der Waals surface area contributed by atoms with Gasteiger partial charge in [-0.15, -0.1) is 0 Å². The fourth-order valence-corrected chi connectivity index (χ4v) is 2.36. The Morgan fingerprint density at radius 1 is 1.00 bits per heavy atom. The Morgan fingerprint density at radius 3 is 2.11 bits per heavy atom. The summed E-state index contributed by atoms with van der Waals surface area (Å²) in [6.45, 7) is 5.58. The van der Waals surface area contributed by atoms with Crippen LogP contribution in [-0.4, -0.2) is 11.1 Å². The van der Waals surface area contributed by atoms with Gasteiger partial charge in [0.2, 0.25) is 0 Å². The van der Waals surface area contributed by atoms with Crippen molar-refractivity contribution in [2.45, 2.75) is 20.8 Å². The first kappa shape index (κ1) is 13.3. The van der Waals surface area contributed by atoms with Crippen molar-refractivity contribution in [1.29, 1.82) is 0 Å². The second-order valence-corrected chi connectivity index (χ2v) is 4.75. The summed E-state index contributed by atoms with van der Waals surface area (Å²) in [5.41, 5.74) is 4.58. The molecule has 0 amide bonds. The minimum Gasteiger partial charge on any atom is -0.478 e. The van der Waals surface area contributed by atoms with Crippen LogP contribution < -0.4 is 0 Å². The van der Waals surface area contributed by atoms with Crippen LogP contribution in [0.4, 0.5) is 4.39 Å². The molecule has 0 aliphatic carbocycles. The minimum absolute atomic E-state index is 0.240. The Hall–Kier alpha value is -2.16. The molecule has 0 saturated heterocycles. The zero-order valence-corrected chi connectivity index (χ0v) is 11.1. The third-order valence-corrected chi connectivity index (χ3v) is 3.25.